The van der Waals surface area contributed by atoms with E-state index in [1.165, 1.54) is 10.9 Å². The molecule has 0 amide bonds. The number of piperidine rings is 1. The molecule has 1 N–H and O–H groups in total. The number of aromatic nitrogens is 2. The van der Waals surface area contributed by atoms with Gasteiger partial charge < -0.3 is 9.72 Å². The first-order chi connectivity index (χ1) is 11.4. The Hall–Kier alpha value is -2.33. The summed E-state index contributed by atoms with van der Waals surface area (Å²) >= 11 is 0. The summed E-state index contributed by atoms with van der Waals surface area (Å²) in [6, 6.07) is 12.4. The van der Waals surface area contributed by atoms with Crippen LogP contribution in [0, 0.1) is 0 Å². The summed E-state index contributed by atoms with van der Waals surface area (Å²) in [4.78, 5) is 9.91. The molecule has 0 unspecified atom stereocenters. The van der Waals surface area contributed by atoms with Crippen LogP contribution in [-0.4, -0.2) is 34.1 Å². The number of aromatic amines is 1. The lowest BCUT2D eigenvalue weighted by Crippen LogP contribution is -2.37. The predicted molar refractivity (Wildman–Crippen MR) is 91.5 cm³/mol. The fourth-order valence-corrected chi connectivity index (χ4v) is 3.27. The highest BCUT2D eigenvalue weighted by Crippen LogP contribution is 2.27. The molecule has 1 aliphatic heterocycles. The van der Waals surface area contributed by atoms with E-state index in [1.54, 1.807) is 0 Å². The summed E-state index contributed by atoms with van der Waals surface area (Å²) < 4.78 is 6.27. The lowest BCUT2D eigenvalue weighted by Gasteiger charge is -2.32. The lowest BCUT2D eigenvalue weighted by molar-refractivity contribution is 0.0979. The van der Waals surface area contributed by atoms with Crippen LogP contribution in [0.2, 0.25) is 0 Å². The minimum atomic E-state index is 0.306. The normalized spacial score (nSPS) is 16.7. The maximum absolute atomic E-state index is 6.27. The molecule has 1 saturated heterocycles. The molecule has 0 atom stereocenters. The number of fused-ring (bicyclic) bond motifs is 1. The summed E-state index contributed by atoms with van der Waals surface area (Å²) in [5.41, 5.74) is 2.42. The number of likely N-dealkylation sites (tertiary alicyclic amines) is 1. The Morgan fingerprint density at radius 2 is 2.04 bits per heavy atom. The van der Waals surface area contributed by atoms with Crippen LogP contribution >= 0.6 is 0 Å². The Morgan fingerprint density at radius 3 is 2.87 bits per heavy atom. The zero-order chi connectivity index (χ0) is 15.5. The smallest absolute Gasteiger partial charge is 0.129 e. The van der Waals surface area contributed by atoms with Crippen molar-refractivity contribution in [1.29, 1.82) is 0 Å². The Bertz CT molecular complexity index is 760. The molecule has 0 aliphatic carbocycles. The van der Waals surface area contributed by atoms with E-state index in [9.17, 15) is 0 Å². The highest BCUT2D eigenvalue weighted by Gasteiger charge is 2.21. The largest absolute Gasteiger partial charge is 0.490 e. The van der Waals surface area contributed by atoms with Crippen LogP contribution in [0.5, 0.6) is 5.75 Å². The quantitative estimate of drug-likeness (QED) is 0.800. The SMILES string of the molecule is c1cncc(CN2CCC(Oc3cccc4[nH]ccc34)CC2)c1. The number of H-pyrrole nitrogens is 1. The van der Waals surface area contributed by atoms with E-state index < -0.39 is 0 Å². The van der Waals surface area contributed by atoms with Crippen molar-refractivity contribution in [1.82, 2.24) is 14.9 Å². The Labute approximate surface area is 136 Å². The molecule has 1 aromatic carbocycles. The number of nitrogens with zero attached hydrogens (tertiary/aromatic N) is 2. The molecule has 3 heterocycles. The number of ether oxygens (including phenoxy) is 1. The first kappa shape index (κ1) is 14.3. The van der Waals surface area contributed by atoms with Gasteiger partial charge in [-0.1, -0.05) is 12.1 Å². The zero-order valence-corrected chi connectivity index (χ0v) is 13.1. The van der Waals surface area contributed by atoms with E-state index in [-0.39, 0.29) is 0 Å². The highest BCUT2D eigenvalue weighted by atomic mass is 16.5. The van der Waals surface area contributed by atoms with Crippen molar-refractivity contribution in [2.75, 3.05) is 13.1 Å². The molecule has 3 aromatic rings. The molecule has 0 saturated carbocycles. The monoisotopic (exact) mass is 307 g/mol. The second kappa shape index (κ2) is 6.42. The van der Waals surface area contributed by atoms with Crippen molar-refractivity contribution in [3.05, 3.63) is 60.6 Å². The molecule has 23 heavy (non-hydrogen) atoms. The van der Waals surface area contributed by atoms with Crippen molar-refractivity contribution in [3.8, 4) is 5.75 Å². The molecule has 1 aliphatic rings. The average molecular weight is 307 g/mol. The Morgan fingerprint density at radius 1 is 1.13 bits per heavy atom. The van der Waals surface area contributed by atoms with E-state index >= 15 is 0 Å². The van der Waals surface area contributed by atoms with Gasteiger partial charge >= 0.3 is 0 Å². The third-order valence-corrected chi connectivity index (χ3v) is 4.51. The van der Waals surface area contributed by atoms with Crippen LogP contribution in [0.25, 0.3) is 10.9 Å². The van der Waals surface area contributed by atoms with Gasteiger partial charge in [-0.15, -0.1) is 0 Å². The molecular weight excluding hydrogens is 286 g/mol. The van der Waals surface area contributed by atoms with Gasteiger partial charge in [0.2, 0.25) is 0 Å². The molecule has 2 aromatic heterocycles. The second-order valence-electron chi connectivity index (χ2n) is 6.15. The van der Waals surface area contributed by atoms with Gasteiger partial charge in [-0.3, -0.25) is 9.88 Å². The van der Waals surface area contributed by atoms with Crippen LogP contribution in [0.15, 0.2) is 55.0 Å². The minimum absolute atomic E-state index is 0.306. The van der Waals surface area contributed by atoms with E-state index in [4.69, 9.17) is 4.74 Å². The molecule has 4 rings (SSSR count). The van der Waals surface area contributed by atoms with Gasteiger partial charge in [0, 0.05) is 49.1 Å². The fourth-order valence-electron chi connectivity index (χ4n) is 3.27. The first-order valence-corrected chi connectivity index (χ1v) is 8.22. The number of nitrogens with one attached hydrogen (secondary N) is 1. The fraction of sp³-hybridized carbons (Fsp3) is 0.316. The van der Waals surface area contributed by atoms with Gasteiger partial charge in [-0.05, 0) is 42.7 Å². The topological polar surface area (TPSA) is 41.2 Å². The van der Waals surface area contributed by atoms with E-state index in [1.807, 2.05) is 30.7 Å². The van der Waals surface area contributed by atoms with Crippen molar-refractivity contribution < 1.29 is 4.74 Å². The Balaban J connectivity index is 1.36. The van der Waals surface area contributed by atoms with E-state index in [0.717, 1.165) is 43.7 Å². The molecular formula is C19H21N3O. The van der Waals surface area contributed by atoms with Crippen LogP contribution in [0.4, 0.5) is 0 Å². The van der Waals surface area contributed by atoms with E-state index in [2.05, 4.69) is 39.1 Å². The van der Waals surface area contributed by atoms with Crippen LogP contribution in [-0.2, 0) is 6.54 Å². The molecule has 0 radical (unpaired) electrons. The number of pyridine rings is 1. The number of rotatable bonds is 4. The van der Waals surface area contributed by atoms with Crippen molar-refractivity contribution in [3.63, 3.8) is 0 Å². The van der Waals surface area contributed by atoms with Crippen LogP contribution < -0.4 is 4.74 Å². The van der Waals surface area contributed by atoms with Crippen LogP contribution in [0.1, 0.15) is 18.4 Å². The molecule has 118 valence electrons. The van der Waals surface area contributed by atoms with Crippen molar-refractivity contribution in [2.24, 2.45) is 0 Å². The molecule has 4 nitrogen and oxygen atoms in total. The van der Waals surface area contributed by atoms with Gasteiger partial charge in [0.15, 0.2) is 0 Å². The van der Waals surface area contributed by atoms with Gasteiger partial charge in [0.25, 0.3) is 0 Å². The third-order valence-electron chi connectivity index (χ3n) is 4.51. The first-order valence-electron chi connectivity index (χ1n) is 8.22. The van der Waals surface area contributed by atoms with Crippen LogP contribution in [0.3, 0.4) is 0 Å². The highest BCUT2D eigenvalue weighted by molar-refractivity contribution is 5.85. The van der Waals surface area contributed by atoms with Gasteiger partial charge in [0.05, 0.1) is 0 Å². The molecule has 1 fully saturated rings. The molecule has 0 spiro atoms. The lowest BCUT2D eigenvalue weighted by atomic mass is 10.1. The summed E-state index contributed by atoms with van der Waals surface area (Å²) in [7, 11) is 0. The predicted octanol–water partition coefficient (Wildman–Crippen LogP) is 3.61. The third kappa shape index (κ3) is 3.22. The number of benzene rings is 1. The standard InChI is InChI=1S/C19H21N3O/c1-4-18-17(6-10-21-18)19(5-1)23-16-7-11-22(12-8-16)14-15-3-2-9-20-13-15/h1-6,9-10,13,16,21H,7-8,11-12,14H2. The summed E-state index contributed by atoms with van der Waals surface area (Å²) in [5, 5.41) is 1.17. The molecule has 0 bridgehead atoms. The second-order valence-corrected chi connectivity index (χ2v) is 6.15. The van der Waals surface area contributed by atoms with Crippen molar-refractivity contribution in [2.45, 2.75) is 25.5 Å². The maximum Gasteiger partial charge on any atom is 0.129 e. The van der Waals surface area contributed by atoms with Crippen molar-refractivity contribution >= 4 is 10.9 Å². The minimum Gasteiger partial charge on any atom is -0.490 e. The average Bonchev–Trinajstić information content (AvgIpc) is 3.07. The summed E-state index contributed by atoms with van der Waals surface area (Å²) in [6.07, 6.45) is 8.19. The van der Waals surface area contributed by atoms with Gasteiger partial charge in [-0.2, -0.15) is 0 Å². The van der Waals surface area contributed by atoms with Gasteiger partial charge in [0.1, 0.15) is 11.9 Å². The molecule has 4 heteroatoms. The maximum atomic E-state index is 6.27. The zero-order valence-electron chi connectivity index (χ0n) is 13.1. The van der Waals surface area contributed by atoms with E-state index in [0.29, 0.717) is 6.10 Å². The van der Waals surface area contributed by atoms with Gasteiger partial charge in [-0.25, -0.2) is 0 Å². The Kier molecular flexibility index (Phi) is 3.99. The summed E-state index contributed by atoms with van der Waals surface area (Å²) in [6.45, 7) is 3.12. The summed E-state index contributed by atoms with van der Waals surface area (Å²) in [5.74, 6) is 0.995. The number of hydrogen-bond acceptors (Lipinski definition) is 3. The number of hydrogen-bond donors (Lipinski definition) is 1.